The lowest BCUT2D eigenvalue weighted by molar-refractivity contribution is -0.137. The summed E-state index contributed by atoms with van der Waals surface area (Å²) in [5.41, 5.74) is 0. The quantitative estimate of drug-likeness (QED) is 0.677. The molecule has 2 amide bonds. The van der Waals surface area contributed by atoms with E-state index in [0.29, 0.717) is 19.5 Å². The summed E-state index contributed by atoms with van der Waals surface area (Å²) >= 11 is 0. The van der Waals surface area contributed by atoms with Gasteiger partial charge in [-0.25, -0.2) is 4.79 Å². The summed E-state index contributed by atoms with van der Waals surface area (Å²) in [5, 5.41) is 11.4. The number of nitrogens with one attached hydrogen (secondary N) is 1. The van der Waals surface area contributed by atoms with Crippen LogP contribution in [0.5, 0.6) is 0 Å². The van der Waals surface area contributed by atoms with E-state index in [4.69, 9.17) is 5.11 Å². The van der Waals surface area contributed by atoms with Crippen molar-refractivity contribution in [1.29, 1.82) is 0 Å². The second kappa shape index (κ2) is 8.74. The molecule has 106 valence electrons. The van der Waals surface area contributed by atoms with Crippen LogP contribution in [0.2, 0.25) is 0 Å². The van der Waals surface area contributed by atoms with Gasteiger partial charge in [0.05, 0.1) is 0 Å². The molecule has 0 fully saturated rings. The van der Waals surface area contributed by atoms with E-state index >= 15 is 0 Å². The molecule has 0 unspecified atom stereocenters. The van der Waals surface area contributed by atoms with Crippen LogP contribution in [-0.2, 0) is 4.79 Å². The molecule has 0 atom stereocenters. The Kier molecular flexibility index (Phi) is 8.11. The maximum Gasteiger partial charge on any atom is 0.317 e. The monoisotopic (exact) mass is 259 g/mol. The molecule has 2 N–H and O–H groups in total. The zero-order valence-corrected chi connectivity index (χ0v) is 11.8. The SMILES string of the molecule is CC(C)N(CCCC(=O)O)C(=O)NCCN(C)C. The molecule has 0 heterocycles. The van der Waals surface area contributed by atoms with Crippen molar-refractivity contribution in [3.05, 3.63) is 0 Å². The number of hydrogen-bond donors (Lipinski definition) is 2. The van der Waals surface area contributed by atoms with E-state index in [1.165, 1.54) is 0 Å². The van der Waals surface area contributed by atoms with Crippen LogP contribution in [0.3, 0.4) is 0 Å². The van der Waals surface area contributed by atoms with Crippen molar-refractivity contribution in [2.24, 2.45) is 0 Å². The fourth-order valence-corrected chi connectivity index (χ4v) is 1.48. The van der Waals surface area contributed by atoms with E-state index in [1.54, 1.807) is 4.90 Å². The first-order valence-corrected chi connectivity index (χ1v) is 6.25. The molecule has 0 aromatic heterocycles. The van der Waals surface area contributed by atoms with E-state index < -0.39 is 5.97 Å². The largest absolute Gasteiger partial charge is 0.481 e. The van der Waals surface area contributed by atoms with Crippen LogP contribution in [0.1, 0.15) is 26.7 Å². The number of rotatable bonds is 8. The van der Waals surface area contributed by atoms with Crippen molar-refractivity contribution in [2.75, 3.05) is 33.7 Å². The fourth-order valence-electron chi connectivity index (χ4n) is 1.48. The van der Waals surface area contributed by atoms with Crippen molar-refractivity contribution < 1.29 is 14.7 Å². The number of amides is 2. The molecule has 0 spiro atoms. The van der Waals surface area contributed by atoms with Crippen molar-refractivity contribution in [3.8, 4) is 0 Å². The molecule has 0 radical (unpaired) electrons. The Morgan fingerprint density at radius 2 is 1.83 bits per heavy atom. The summed E-state index contributed by atoms with van der Waals surface area (Å²) < 4.78 is 0. The smallest absolute Gasteiger partial charge is 0.317 e. The van der Waals surface area contributed by atoms with Gasteiger partial charge in [-0.15, -0.1) is 0 Å². The van der Waals surface area contributed by atoms with E-state index in [0.717, 1.165) is 6.54 Å². The van der Waals surface area contributed by atoms with Crippen molar-refractivity contribution in [1.82, 2.24) is 15.1 Å². The minimum atomic E-state index is -0.827. The predicted octanol–water partition coefficient (Wildman–Crippen LogP) is 0.833. The molecule has 0 aromatic carbocycles. The van der Waals surface area contributed by atoms with Gasteiger partial charge >= 0.3 is 12.0 Å². The van der Waals surface area contributed by atoms with Gasteiger partial charge < -0.3 is 20.2 Å². The molecule has 0 aromatic rings. The Hall–Kier alpha value is -1.30. The Morgan fingerprint density at radius 3 is 2.28 bits per heavy atom. The highest BCUT2D eigenvalue weighted by atomic mass is 16.4. The Bertz CT molecular complexity index is 267. The lowest BCUT2D eigenvalue weighted by atomic mass is 10.2. The van der Waals surface area contributed by atoms with Crippen LogP contribution in [0, 0.1) is 0 Å². The summed E-state index contributed by atoms with van der Waals surface area (Å²) in [5.74, 6) is -0.827. The predicted molar refractivity (Wildman–Crippen MR) is 70.7 cm³/mol. The number of carboxylic acids is 1. The highest BCUT2D eigenvalue weighted by Crippen LogP contribution is 2.02. The molecular formula is C12H25N3O3. The van der Waals surface area contributed by atoms with E-state index in [-0.39, 0.29) is 18.5 Å². The number of carboxylic acid groups (broad SMARTS) is 1. The van der Waals surface area contributed by atoms with Gasteiger partial charge in [-0.05, 0) is 34.4 Å². The first kappa shape index (κ1) is 16.7. The third kappa shape index (κ3) is 7.89. The number of aliphatic carboxylic acids is 1. The summed E-state index contributed by atoms with van der Waals surface area (Å²) in [6.45, 7) is 5.69. The minimum Gasteiger partial charge on any atom is -0.481 e. The topological polar surface area (TPSA) is 72.9 Å². The fraction of sp³-hybridized carbons (Fsp3) is 0.833. The van der Waals surface area contributed by atoms with Gasteiger partial charge in [0, 0.05) is 32.1 Å². The van der Waals surface area contributed by atoms with Gasteiger partial charge in [-0.3, -0.25) is 4.79 Å². The molecule has 0 saturated heterocycles. The van der Waals surface area contributed by atoms with Crippen LogP contribution in [0.4, 0.5) is 4.79 Å². The maximum atomic E-state index is 11.9. The van der Waals surface area contributed by atoms with Crippen LogP contribution in [0.25, 0.3) is 0 Å². The number of hydrogen-bond acceptors (Lipinski definition) is 3. The second-order valence-corrected chi connectivity index (χ2v) is 4.82. The van der Waals surface area contributed by atoms with Gasteiger partial charge in [0.1, 0.15) is 0 Å². The molecule has 0 bridgehead atoms. The third-order valence-corrected chi connectivity index (χ3v) is 2.51. The van der Waals surface area contributed by atoms with E-state index in [9.17, 15) is 9.59 Å². The van der Waals surface area contributed by atoms with Crippen LogP contribution < -0.4 is 5.32 Å². The number of nitrogens with zero attached hydrogens (tertiary/aromatic N) is 2. The van der Waals surface area contributed by atoms with Crippen molar-refractivity contribution >= 4 is 12.0 Å². The molecule has 6 heteroatoms. The minimum absolute atomic E-state index is 0.0677. The molecule has 0 saturated carbocycles. The molecular weight excluding hydrogens is 234 g/mol. The van der Waals surface area contributed by atoms with Crippen LogP contribution in [-0.4, -0.2) is 66.7 Å². The molecule has 0 aliphatic heterocycles. The zero-order chi connectivity index (χ0) is 14.1. The highest BCUT2D eigenvalue weighted by Gasteiger charge is 2.16. The number of likely N-dealkylation sites (N-methyl/N-ethyl adjacent to an activating group) is 1. The summed E-state index contributed by atoms with van der Waals surface area (Å²) in [4.78, 5) is 26.0. The second-order valence-electron chi connectivity index (χ2n) is 4.82. The first-order valence-electron chi connectivity index (χ1n) is 6.25. The lowest BCUT2D eigenvalue weighted by Crippen LogP contribution is -2.46. The molecule has 0 aliphatic carbocycles. The van der Waals surface area contributed by atoms with Crippen LogP contribution in [0.15, 0.2) is 0 Å². The Morgan fingerprint density at radius 1 is 1.22 bits per heavy atom. The standard InChI is InChI=1S/C12H25N3O3/c1-10(2)15(8-5-6-11(16)17)12(18)13-7-9-14(3)4/h10H,5-9H2,1-4H3,(H,13,18)(H,16,17). The number of carbonyl (C=O) groups is 2. The van der Waals surface area contributed by atoms with Gasteiger partial charge in [0.15, 0.2) is 0 Å². The van der Waals surface area contributed by atoms with E-state index in [1.807, 2.05) is 32.8 Å². The Balaban J connectivity index is 4.07. The van der Waals surface area contributed by atoms with Gasteiger partial charge in [-0.2, -0.15) is 0 Å². The molecule has 0 aliphatic rings. The number of urea groups is 1. The summed E-state index contributed by atoms with van der Waals surface area (Å²) in [6, 6.07) is -0.0598. The van der Waals surface area contributed by atoms with Gasteiger partial charge in [0.25, 0.3) is 0 Å². The molecule has 0 rings (SSSR count). The average molecular weight is 259 g/mol. The first-order chi connectivity index (χ1) is 8.34. The van der Waals surface area contributed by atoms with Crippen LogP contribution >= 0.6 is 0 Å². The zero-order valence-electron chi connectivity index (χ0n) is 11.8. The Labute approximate surface area is 109 Å². The van der Waals surface area contributed by atoms with E-state index in [2.05, 4.69) is 5.32 Å². The average Bonchev–Trinajstić information content (AvgIpc) is 2.22. The van der Waals surface area contributed by atoms with Gasteiger partial charge in [-0.1, -0.05) is 0 Å². The number of carbonyl (C=O) groups excluding carboxylic acids is 1. The highest BCUT2D eigenvalue weighted by molar-refractivity contribution is 5.74. The molecule has 6 nitrogen and oxygen atoms in total. The maximum absolute atomic E-state index is 11.9. The third-order valence-electron chi connectivity index (χ3n) is 2.51. The van der Waals surface area contributed by atoms with Crippen molar-refractivity contribution in [3.63, 3.8) is 0 Å². The summed E-state index contributed by atoms with van der Waals surface area (Å²) in [6.07, 6.45) is 0.572. The lowest BCUT2D eigenvalue weighted by Gasteiger charge is -2.27. The van der Waals surface area contributed by atoms with Gasteiger partial charge in [0.2, 0.25) is 0 Å². The normalized spacial score (nSPS) is 10.8. The van der Waals surface area contributed by atoms with Crippen molar-refractivity contribution in [2.45, 2.75) is 32.7 Å². The summed E-state index contributed by atoms with van der Waals surface area (Å²) in [7, 11) is 3.89. The molecule has 18 heavy (non-hydrogen) atoms.